The molecule has 118 valence electrons. The number of alkyl halides is 3. The van der Waals surface area contributed by atoms with Crippen molar-refractivity contribution in [1.29, 1.82) is 0 Å². The molecule has 0 saturated heterocycles. The van der Waals surface area contributed by atoms with Crippen LogP contribution in [0.3, 0.4) is 0 Å². The first kappa shape index (κ1) is 15.0. The highest BCUT2D eigenvalue weighted by atomic mass is 19.4. The molecular weight excluding hydrogens is 311 g/mol. The number of aromatic carboxylic acids is 1. The van der Waals surface area contributed by atoms with E-state index in [0.29, 0.717) is 0 Å². The predicted molar refractivity (Wildman–Crippen MR) is 75.1 cm³/mol. The summed E-state index contributed by atoms with van der Waals surface area (Å²) >= 11 is 0. The fourth-order valence-electron chi connectivity index (χ4n) is 2.39. The van der Waals surface area contributed by atoms with E-state index in [2.05, 4.69) is 10.1 Å². The van der Waals surface area contributed by atoms with Crippen LogP contribution in [0.4, 0.5) is 13.2 Å². The van der Waals surface area contributed by atoms with Crippen LogP contribution in [0.1, 0.15) is 21.6 Å². The number of fused-ring (bicyclic) bond motifs is 1. The van der Waals surface area contributed by atoms with Gasteiger partial charge in [0, 0.05) is 11.8 Å². The lowest BCUT2D eigenvalue weighted by Crippen LogP contribution is -2.08. The molecule has 5 nitrogen and oxygen atoms in total. The minimum Gasteiger partial charge on any atom is -0.477 e. The smallest absolute Gasteiger partial charge is 0.417 e. The largest absolute Gasteiger partial charge is 0.477 e. The summed E-state index contributed by atoms with van der Waals surface area (Å²) in [4.78, 5) is 15.4. The molecule has 0 amide bonds. The molecule has 0 aliphatic carbocycles. The summed E-state index contributed by atoms with van der Waals surface area (Å²) in [7, 11) is 0. The molecular formula is C15H10F3N3O2. The highest BCUT2D eigenvalue weighted by Crippen LogP contribution is 2.36. The molecule has 8 heteroatoms. The second kappa shape index (κ2) is 5.08. The van der Waals surface area contributed by atoms with Gasteiger partial charge in [-0.3, -0.25) is 0 Å². The van der Waals surface area contributed by atoms with E-state index >= 15 is 0 Å². The van der Waals surface area contributed by atoms with Crippen molar-refractivity contribution in [2.24, 2.45) is 0 Å². The number of aromatic nitrogens is 3. The molecule has 3 aromatic rings. The second-order valence-corrected chi connectivity index (χ2v) is 4.89. The van der Waals surface area contributed by atoms with Crippen LogP contribution >= 0.6 is 0 Å². The Hall–Kier alpha value is -2.90. The average Bonchev–Trinajstić information content (AvgIpc) is 2.81. The number of rotatable bonds is 2. The number of carboxylic acid groups (broad SMARTS) is 1. The van der Waals surface area contributed by atoms with E-state index in [1.165, 1.54) is 41.9 Å². The molecule has 23 heavy (non-hydrogen) atoms. The summed E-state index contributed by atoms with van der Waals surface area (Å²) in [6.07, 6.45) is -3.14. The number of carboxylic acids is 1. The zero-order valence-corrected chi connectivity index (χ0v) is 11.8. The van der Waals surface area contributed by atoms with Gasteiger partial charge in [-0.15, -0.1) is 0 Å². The zero-order chi connectivity index (χ0) is 16.8. The van der Waals surface area contributed by atoms with Crippen LogP contribution in [-0.2, 0) is 6.18 Å². The Bertz CT molecular complexity index is 916. The highest BCUT2D eigenvalue weighted by Gasteiger charge is 2.33. The molecule has 2 aromatic heterocycles. The van der Waals surface area contributed by atoms with Crippen LogP contribution in [0, 0.1) is 6.92 Å². The van der Waals surface area contributed by atoms with Gasteiger partial charge in [0.2, 0.25) is 0 Å². The molecule has 2 heterocycles. The lowest BCUT2D eigenvalue weighted by Gasteiger charge is -2.12. The average molecular weight is 321 g/mol. The number of benzene rings is 1. The Morgan fingerprint density at radius 3 is 2.57 bits per heavy atom. The Morgan fingerprint density at radius 2 is 1.91 bits per heavy atom. The monoisotopic (exact) mass is 321 g/mol. The Labute approximate surface area is 128 Å². The van der Waals surface area contributed by atoms with Crippen molar-refractivity contribution in [3.05, 3.63) is 53.3 Å². The van der Waals surface area contributed by atoms with E-state index in [1.807, 2.05) is 0 Å². The van der Waals surface area contributed by atoms with Gasteiger partial charge in [-0.05, 0) is 19.1 Å². The van der Waals surface area contributed by atoms with E-state index < -0.39 is 17.7 Å². The topological polar surface area (TPSA) is 67.5 Å². The fraction of sp³-hybridized carbons (Fsp3) is 0.133. The Morgan fingerprint density at radius 1 is 1.22 bits per heavy atom. The van der Waals surface area contributed by atoms with Crippen molar-refractivity contribution < 1.29 is 23.1 Å². The maximum atomic E-state index is 13.1. The van der Waals surface area contributed by atoms with Gasteiger partial charge >= 0.3 is 12.1 Å². The zero-order valence-electron chi connectivity index (χ0n) is 11.8. The van der Waals surface area contributed by atoms with Gasteiger partial charge in [0.05, 0.1) is 17.0 Å². The number of aryl methyl sites for hydroxylation is 1. The molecule has 0 bridgehead atoms. The summed E-state index contributed by atoms with van der Waals surface area (Å²) in [5.74, 6) is -1.23. The van der Waals surface area contributed by atoms with Gasteiger partial charge < -0.3 is 5.11 Å². The van der Waals surface area contributed by atoms with Gasteiger partial charge in [-0.25, -0.2) is 14.3 Å². The first-order valence-electron chi connectivity index (χ1n) is 6.55. The van der Waals surface area contributed by atoms with Crippen molar-refractivity contribution in [3.8, 4) is 11.3 Å². The molecule has 0 spiro atoms. The summed E-state index contributed by atoms with van der Waals surface area (Å²) in [5.41, 5.74) is -0.789. The minimum atomic E-state index is -4.53. The van der Waals surface area contributed by atoms with Crippen LogP contribution in [0.15, 0.2) is 36.5 Å². The molecule has 1 aromatic carbocycles. The third-order valence-electron chi connectivity index (χ3n) is 3.38. The summed E-state index contributed by atoms with van der Waals surface area (Å²) in [5, 5.41) is 13.2. The molecule has 0 aliphatic heterocycles. The molecule has 0 atom stereocenters. The van der Waals surface area contributed by atoms with Crippen molar-refractivity contribution in [1.82, 2.24) is 14.6 Å². The van der Waals surface area contributed by atoms with E-state index in [4.69, 9.17) is 0 Å². The lowest BCUT2D eigenvalue weighted by molar-refractivity contribution is -0.137. The number of hydrogen-bond donors (Lipinski definition) is 1. The summed E-state index contributed by atoms with van der Waals surface area (Å²) in [6.45, 7) is 1.50. The fourth-order valence-corrected chi connectivity index (χ4v) is 2.39. The number of nitrogens with zero attached hydrogens (tertiary/aromatic N) is 3. The van der Waals surface area contributed by atoms with E-state index in [0.717, 1.165) is 6.07 Å². The first-order chi connectivity index (χ1) is 10.8. The molecule has 0 aliphatic rings. The van der Waals surface area contributed by atoms with Crippen molar-refractivity contribution in [2.45, 2.75) is 13.1 Å². The van der Waals surface area contributed by atoms with Gasteiger partial charge in [0.1, 0.15) is 5.56 Å². The molecule has 1 N–H and O–H groups in total. The molecule has 0 unspecified atom stereocenters. The van der Waals surface area contributed by atoms with E-state index in [9.17, 15) is 23.1 Å². The van der Waals surface area contributed by atoms with Crippen LogP contribution in [0.2, 0.25) is 0 Å². The van der Waals surface area contributed by atoms with Gasteiger partial charge in [0.25, 0.3) is 0 Å². The van der Waals surface area contributed by atoms with Crippen molar-refractivity contribution >= 4 is 11.6 Å². The van der Waals surface area contributed by atoms with Crippen LogP contribution < -0.4 is 0 Å². The Balaban J connectivity index is 2.27. The third-order valence-corrected chi connectivity index (χ3v) is 3.38. The lowest BCUT2D eigenvalue weighted by atomic mass is 10.0. The second-order valence-electron chi connectivity index (χ2n) is 4.89. The quantitative estimate of drug-likeness (QED) is 0.785. The van der Waals surface area contributed by atoms with E-state index in [-0.39, 0.29) is 28.2 Å². The van der Waals surface area contributed by atoms with Crippen molar-refractivity contribution in [2.75, 3.05) is 0 Å². The summed E-state index contributed by atoms with van der Waals surface area (Å²) < 4.78 is 40.6. The van der Waals surface area contributed by atoms with E-state index in [1.54, 1.807) is 0 Å². The van der Waals surface area contributed by atoms with Crippen LogP contribution in [0.25, 0.3) is 16.9 Å². The first-order valence-corrected chi connectivity index (χ1v) is 6.55. The van der Waals surface area contributed by atoms with Crippen LogP contribution in [0.5, 0.6) is 0 Å². The summed E-state index contributed by atoms with van der Waals surface area (Å²) in [6, 6.07) is 6.38. The normalized spacial score (nSPS) is 11.8. The molecule has 3 rings (SSSR count). The predicted octanol–water partition coefficient (Wildman–Crippen LogP) is 3.42. The molecule has 0 radical (unpaired) electrons. The Kier molecular flexibility index (Phi) is 3.32. The maximum absolute atomic E-state index is 13.1. The minimum absolute atomic E-state index is 0.00415. The third kappa shape index (κ3) is 2.52. The number of halogens is 3. The highest BCUT2D eigenvalue weighted by molar-refractivity contribution is 5.96. The molecule has 0 saturated carbocycles. The van der Waals surface area contributed by atoms with Gasteiger partial charge in [-0.2, -0.15) is 18.3 Å². The standard InChI is InChI=1S/C15H10F3N3O2/c1-8-12(14(22)23)13-19-11(6-7-21(13)20-8)9-4-2-3-5-10(9)15(16,17)18/h2-7H,1H3,(H,22,23). The maximum Gasteiger partial charge on any atom is 0.417 e. The van der Waals surface area contributed by atoms with Gasteiger partial charge in [-0.1, -0.05) is 18.2 Å². The van der Waals surface area contributed by atoms with Crippen molar-refractivity contribution in [3.63, 3.8) is 0 Å². The number of carbonyl (C=O) groups is 1. The molecule has 0 fully saturated rings. The SMILES string of the molecule is Cc1nn2ccc(-c3ccccc3C(F)(F)F)nc2c1C(=O)O. The van der Waals surface area contributed by atoms with Gasteiger partial charge in [0.15, 0.2) is 5.65 Å². The van der Waals surface area contributed by atoms with Crippen LogP contribution in [-0.4, -0.2) is 25.7 Å². The number of hydrogen-bond acceptors (Lipinski definition) is 3.